The van der Waals surface area contributed by atoms with Crippen molar-refractivity contribution in [2.24, 2.45) is 0 Å². The zero-order chi connectivity index (χ0) is 13.0. The summed E-state index contributed by atoms with van der Waals surface area (Å²) in [7, 11) is 0. The maximum absolute atomic E-state index is 13.4. The molecule has 0 bridgehead atoms. The monoisotopic (exact) mass is 250 g/mol. The van der Waals surface area contributed by atoms with Crippen LogP contribution in [0, 0.1) is 5.82 Å². The molecule has 0 aromatic heterocycles. The third-order valence-corrected chi connectivity index (χ3v) is 2.83. The van der Waals surface area contributed by atoms with Crippen molar-refractivity contribution in [2.45, 2.75) is 6.42 Å². The number of carbonyl (C=O) groups is 1. The quantitative estimate of drug-likeness (QED) is 0.706. The van der Waals surface area contributed by atoms with Crippen molar-refractivity contribution in [3.05, 3.63) is 41.2 Å². The van der Waals surface area contributed by atoms with E-state index < -0.39 is 11.7 Å². The Kier molecular flexibility index (Phi) is 3.94. The summed E-state index contributed by atoms with van der Waals surface area (Å²) < 4.78 is 13.4. The summed E-state index contributed by atoms with van der Waals surface area (Å²) in [6.07, 6.45) is 2.91. The molecule has 0 atom stereocenters. The number of halogens is 1. The van der Waals surface area contributed by atoms with Crippen LogP contribution in [0.15, 0.2) is 29.8 Å². The highest BCUT2D eigenvalue weighted by molar-refractivity contribution is 5.94. The van der Waals surface area contributed by atoms with E-state index in [-0.39, 0.29) is 11.3 Å². The highest BCUT2D eigenvalue weighted by Crippen LogP contribution is 2.15. The van der Waals surface area contributed by atoms with Crippen LogP contribution in [0.1, 0.15) is 16.8 Å². The molecule has 4 nitrogen and oxygen atoms in total. The zero-order valence-corrected chi connectivity index (χ0v) is 9.87. The van der Waals surface area contributed by atoms with E-state index in [2.05, 4.69) is 10.6 Å². The summed E-state index contributed by atoms with van der Waals surface area (Å²) in [6, 6.07) is 3.50. The van der Waals surface area contributed by atoms with Crippen LogP contribution < -0.4 is 10.6 Å². The van der Waals surface area contributed by atoms with Gasteiger partial charge in [-0.2, -0.15) is 0 Å². The SMILES string of the molecule is O=C(NCC1=CCNCC1)c1ccc(O)cc1F. The molecule has 1 aliphatic rings. The zero-order valence-electron chi connectivity index (χ0n) is 9.87. The Hall–Kier alpha value is -1.88. The van der Waals surface area contributed by atoms with E-state index in [4.69, 9.17) is 5.11 Å². The number of hydrogen-bond acceptors (Lipinski definition) is 3. The van der Waals surface area contributed by atoms with Crippen LogP contribution in [-0.4, -0.2) is 30.6 Å². The highest BCUT2D eigenvalue weighted by atomic mass is 19.1. The van der Waals surface area contributed by atoms with Gasteiger partial charge in [-0.15, -0.1) is 0 Å². The molecule has 2 rings (SSSR count). The lowest BCUT2D eigenvalue weighted by Crippen LogP contribution is -2.30. The molecule has 3 N–H and O–H groups in total. The van der Waals surface area contributed by atoms with Gasteiger partial charge in [0.2, 0.25) is 0 Å². The van der Waals surface area contributed by atoms with Gasteiger partial charge in [-0.25, -0.2) is 4.39 Å². The fourth-order valence-electron chi connectivity index (χ4n) is 1.81. The second-order valence-corrected chi connectivity index (χ2v) is 4.16. The number of phenolic OH excluding ortho intramolecular Hbond substituents is 1. The molecule has 18 heavy (non-hydrogen) atoms. The molecule has 0 radical (unpaired) electrons. The maximum Gasteiger partial charge on any atom is 0.254 e. The number of carbonyl (C=O) groups excluding carboxylic acids is 1. The molecule has 1 aromatic carbocycles. The van der Waals surface area contributed by atoms with Crippen LogP contribution in [0.25, 0.3) is 0 Å². The second kappa shape index (κ2) is 5.64. The van der Waals surface area contributed by atoms with Crippen molar-refractivity contribution >= 4 is 5.91 Å². The minimum Gasteiger partial charge on any atom is -0.508 e. The van der Waals surface area contributed by atoms with Crippen molar-refractivity contribution in [1.82, 2.24) is 10.6 Å². The van der Waals surface area contributed by atoms with Crippen molar-refractivity contribution in [3.63, 3.8) is 0 Å². The molecule has 0 aliphatic carbocycles. The van der Waals surface area contributed by atoms with E-state index in [9.17, 15) is 9.18 Å². The van der Waals surface area contributed by atoms with Crippen LogP contribution in [0.2, 0.25) is 0 Å². The molecule has 0 saturated carbocycles. The Morgan fingerprint density at radius 2 is 2.33 bits per heavy atom. The largest absolute Gasteiger partial charge is 0.508 e. The fourth-order valence-corrected chi connectivity index (χ4v) is 1.81. The van der Waals surface area contributed by atoms with Crippen LogP contribution >= 0.6 is 0 Å². The van der Waals surface area contributed by atoms with E-state index in [1.165, 1.54) is 12.1 Å². The Morgan fingerprint density at radius 3 is 3.00 bits per heavy atom. The summed E-state index contributed by atoms with van der Waals surface area (Å²) in [4.78, 5) is 11.7. The van der Waals surface area contributed by atoms with Gasteiger partial charge >= 0.3 is 0 Å². The van der Waals surface area contributed by atoms with Gasteiger partial charge in [0.05, 0.1) is 5.56 Å². The molecule has 1 aliphatic heterocycles. The summed E-state index contributed by atoms with van der Waals surface area (Å²) >= 11 is 0. The maximum atomic E-state index is 13.4. The lowest BCUT2D eigenvalue weighted by molar-refractivity contribution is 0.0952. The van der Waals surface area contributed by atoms with Crippen molar-refractivity contribution in [3.8, 4) is 5.75 Å². The number of hydrogen-bond donors (Lipinski definition) is 3. The standard InChI is InChI=1S/C13H15FN2O2/c14-12-7-10(17)1-2-11(12)13(18)16-8-9-3-5-15-6-4-9/h1-3,7,15,17H,4-6,8H2,(H,16,18). The lowest BCUT2D eigenvalue weighted by Gasteiger charge is -2.14. The highest BCUT2D eigenvalue weighted by Gasteiger charge is 2.12. The molecule has 1 heterocycles. The average molecular weight is 250 g/mol. The summed E-state index contributed by atoms with van der Waals surface area (Å²) in [5, 5.41) is 14.9. The molecule has 0 saturated heterocycles. The first-order chi connectivity index (χ1) is 8.66. The van der Waals surface area contributed by atoms with Gasteiger partial charge in [-0.1, -0.05) is 11.6 Å². The molecule has 0 spiro atoms. The normalized spacial score (nSPS) is 15.1. The van der Waals surface area contributed by atoms with Crippen molar-refractivity contribution < 1.29 is 14.3 Å². The third-order valence-electron chi connectivity index (χ3n) is 2.83. The molecule has 1 amide bonds. The Bertz CT molecular complexity index is 486. The summed E-state index contributed by atoms with van der Waals surface area (Å²) in [6.45, 7) is 2.13. The number of phenols is 1. The first-order valence-corrected chi connectivity index (χ1v) is 5.82. The van der Waals surface area contributed by atoms with Gasteiger partial charge in [0.1, 0.15) is 11.6 Å². The predicted octanol–water partition coefficient (Wildman–Crippen LogP) is 1.18. The lowest BCUT2D eigenvalue weighted by atomic mass is 10.1. The average Bonchev–Trinajstić information content (AvgIpc) is 2.37. The molecule has 96 valence electrons. The van der Waals surface area contributed by atoms with Crippen molar-refractivity contribution in [1.29, 1.82) is 0 Å². The minimum atomic E-state index is -0.716. The molecule has 1 aromatic rings. The second-order valence-electron chi connectivity index (χ2n) is 4.16. The van der Waals surface area contributed by atoms with Gasteiger partial charge < -0.3 is 15.7 Å². The van der Waals surface area contributed by atoms with E-state index >= 15 is 0 Å². The van der Waals surface area contributed by atoms with Gasteiger partial charge in [0, 0.05) is 19.2 Å². The van der Waals surface area contributed by atoms with Gasteiger partial charge in [0.25, 0.3) is 5.91 Å². The van der Waals surface area contributed by atoms with Crippen LogP contribution in [0.5, 0.6) is 5.75 Å². The first kappa shape index (κ1) is 12.6. The Morgan fingerprint density at radius 1 is 1.50 bits per heavy atom. The molecular weight excluding hydrogens is 235 g/mol. The molecular formula is C13H15FN2O2. The number of benzene rings is 1. The van der Waals surface area contributed by atoms with E-state index in [1.807, 2.05) is 6.08 Å². The number of nitrogens with one attached hydrogen (secondary N) is 2. The summed E-state index contributed by atoms with van der Waals surface area (Å²) in [5.41, 5.74) is 1.09. The summed E-state index contributed by atoms with van der Waals surface area (Å²) in [5.74, 6) is -1.37. The first-order valence-electron chi connectivity index (χ1n) is 5.82. The van der Waals surface area contributed by atoms with Gasteiger partial charge in [-0.3, -0.25) is 4.79 Å². The van der Waals surface area contributed by atoms with Crippen LogP contribution in [0.4, 0.5) is 4.39 Å². The van der Waals surface area contributed by atoms with E-state index in [1.54, 1.807) is 0 Å². The number of aromatic hydroxyl groups is 1. The molecule has 0 unspecified atom stereocenters. The Balaban J connectivity index is 1.97. The topological polar surface area (TPSA) is 61.4 Å². The van der Waals surface area contributed by atoms with E-state index in [0.717, 1.165) is 31.1 Å². The molecule has 0 fully saturated rings. The van der Waals surface area contributed by atoms with Crippen LogP contribution in [-0.2, 0) is 0 Å². The van der Waals surface area contributed by atoms with Gasteiger partial charge in [-0.05, 0) is 25.1 Å². The Labute approximate surface area is 105 Å². The van der Waals surface area contributed by atoms with Gasteiger partial charge in [0.15, 0.2) is 0 Å². The smallest absolute Gasteiger partial charge is 0.254 e. The van der Waals surface area contributed by atoms with Crippen molar-refractivity contribution in [2.75, 3.05) is 19.6 Å². The fraction of sp³-hybridized carbons (Fsp3) is 0.308. The number of rotatable bonds is 3. The minimum absolute atomic E-state index is 0.0534. The van der Waals surface area contributed by atoms with Crippen LogP contribution in [0.3, 0.4) is 0 Å². The number of amides is 1. The van der Waals surface area contributed by atoms with E-state index in [0.29, 0.717) is 6.54 Å². The predicted molar refractivity (Wildman–Crippen MR) is 66.0 cm³/mol. The third kappa shape index (κ3) is 3.07. The molecule has 5 heteroatoms.